The van der Waals surface area contributed by atoms with Crippen LogP contribution in [0, 0.1) is 0 Å². The van der Waals surface area contributed by atoms with Crippen molar-refractivity contribution in [2.45, 2.75) is 0 Å². The fraction of sp³-hybridized carbons (Fsp3) is 0. The smallest absolute Gasteiger partial charge is 0.0547 e. The van der Waals surface area contributed by atoms with Gasteiger partial charge in [0.2, 0.25) is 0 Å². The molecule has 0 N–H and O–H groups in total. The fourth-order valence-corrected chi connectivity index (χ4v) is 11.2. The molecule has 0 aliphatic rings. The summed E-state index contributed by atoms with van der Waals surface area (Å²) in [5, 5.41) is 12.4. The van der Waals surface area contributed by atoms with Crippen LogP contribution < -0.4 is 0 Å². The molecule has 0 aliphatic carbocycles. The number of rotatable bonds is 6. The predicted molar refractivity (Wildman–Crippen MR) is 289 cm³/mol. The number of para-hydroxylation sites is 4. The second kappa shape index (κ2) is 15.3. The summed E-state index contributed by atoms with van der Waals surface area (Å²) in [6.45, 7) is 0. The van der Waals surface area contributed by atoms with E-state index in [0.717, 1.165) is 11.4 Å². The summed E-state index contributed by atoms with van der Waals surface area (Å²) in [6.07, 6.45) is 0. The van der Waals surface area contributed by atoms with Crippen LogP contribution in [0.4, 0.5) is 0 Å². The van der Waals surface area contributed by atoms with Crippen LogP contribution in [0.25, 0.3) is 132 Å². The third-order valence-corrected chi connectivity index (χ3v) is 14.3. The predicted octanol–water partition coefficient (Wildman–Crippen LogP) is 18.0. The van der Waals surface area contributed by atoms with Crippen molar-refractivity contribution in [1.29, 1.82) is 0 Å². The first-order chi connectivity index (χ1) is 33.7. The van der Waals surface area contributed by atoms with Crippen LogP contribution in [0.3, 0.4) is 0 Å². The summed E-state index contributed by atoms with van der Waals surface area (Å²) in [6, 6.07) is 94.0. The Bertz CT molecular complexity index is 4080. The minimum Gasteiger partial charge on any atom is -0.309 e. The van der Waals surface area contributed by atoms with Crippen LogP contribution in [-0.4, -0.2) is 9.13 Å². The van der Waals surface area contributed by atoms with E-state index in [2.05, 4.69) is 264 Å². The quantitative estimate of drug-likeness (QED) is 0.147. The molecule has 12 aromatic carbocycles. The largest absolute Gasteiger partial charge is 0.309 e. The minimum atomic E-state index is 1.15. The Hall–Kier alpha value is -8.98. The molecule has 14 aromatic rings. The van der Waals surface area contributed by atoms with E-state index in [9.17, 15) is 0 Å². The summed E-state index contributed by atoms with van der Waals surface area (Å²) in [7, 11) is 0. The van der Waals surface area contributed by atoms with Gasteiger partial charge in [0.1, 0.15) is 0 Å². The van der Waals surface area contributed by atoms with Crippen molar-refractivity contribution in [3.8, 4) is 55.9 Å². The van der Waals surface area contributed by atoms with E-state index < -0.39 is 0 Å². The standard InChI is InChI=1S/C66H42N2/c1-4-17-43(18-5-1)45-34-33-44-19-14-28-56(59(44)39-45)66-57-29-15-26-50(46-35-37-54-52-24-10-12-31-62(52)67(64(54)40-46)48-20-6-2-7-21-48)60(57)42-61-51(27-16-30-58(61)66)47-36-38-55-53-25-11-13-32-63(53)68(65(55)41-47)49-22-8-3-9-23-49/h1-42H. The maximum absolute atomic E-state index is 2.48. The molecule has 0 spiro atoms. The van der Waals surface area contributed by atoms with E-state index in [1.165, 1.54) is 120 Å². The molecule has 0 fully saturated rings. The highest BCUT2D eigenvalue weighted by atomic mass is 15.0. The number of aromatic nitrogens is 2. The molecule has 0 aliphatic heterocycles. The van der Waals surface area contributed by atoms with Gasteiger partial charge < -0.3 is 9.13 Å². The molecule has 2 nitrogen and oxygen atoms in total. The Kier molecular flexibility index (Phi) is 8.62. The van der Waals surface area contributed by atoms with Gasteiger partial charge >= 0.3 is 0 Å². The van der Waals surface area contributed by atoms with Crippen molar-refractivity contribution >= 4 is 75.9 Å². The summed E-state index contributed by atoms with van der Waals surface area (Å²) in [5.74, 6) is 0. The van der Waals surface area contributed by atoms with Gasteiger partial charge in [-0.3, -0.25) is 0 Å². The minimum absolute atomic E-state index is 1.15. The molecule has 0 radical (unpaired) electrons. The zero-order chi connectivity index (χ0) is 44.7. The summed E-state index contributed by atoms with van der Waals surface area (Å²) in [4.78, 5) is 0. The normalized spacial score (nSPS) is 11.8. The number of hydrogen-bond acceptors (Lipinski definition) is 0. The molecule has 0 unspecified atom stereocenters. The highest BCUT2D eigenvalue weighted by molar-refractivity contribution is 6.22. The average Bonchev–Trinajstić information content (AvgIpc) is 3.92. The lowest BCUT2D eigenvalue weighted by atomic mass is 9.84. The molecule has 316 valence electrons. The van der Waals surface area contributed by atoms with E-state index in [1.807, 2.05) is 0 Å². The van der Waals surface area contributed by atoms with Crippen molar-refractivity contribution in [3.05, 3.63) is 255 Å². The van der Waals surface area contributed by atoms with E-state index in [4.69, 9.17) is 0 Å². The molecule has 68 heavy (non-hydrogen) atoms. The summed E-state index contributed by atoms with van der Waals surface area (Å²) >= 11 is 0. The van der Waals surface area contributed by atoms with E-state index >= 15 is 0 Å². The maximum Gasteiger partial charge on any atom is 0.0547 e. The van der Waals surface area contributed by atoms with Crippen LogP contribution in [0.2, 0.25) is 0 Å². The van der Waals surface area contributed by atoms with Crippen LogP contribution in [0.15, 0.2) is 255 Å². The second-order valence-electron chi connectivity index (χ2n) is 18.0. The SMILES string of the molecule is c1ccc(-c2ccc3cccc(-c4c5cccc(-c6ccc7c8ccccc8n(-c8ccccc8)c7c6)c5cc5c(-c6ccc7c8ccccc8n(-c8ccccc8)c7c6)cccc45)c3c2)cc1. The summed E-state index contributed by atoms with van der Waals surface area (Å²) < 4.78 is 4.84. The molecule has 2 heteroatoms. The Morgan fingerprint density at radius 3 is 1.21 bits per heavy atom. The molecule has 2 aromatic heterocycles. The van der Waals surface area contributed by atoms with Crippen molar-refractivity contribution in [2.75, 3.05) is 0 Å². The van der Waals surface area contributed by atoms with Crippen molar-refractivity contribution in [3.63, 3.8) is 0 Å². The number of fused-ring (bicyclic) bond motifs is 9. The van der Waals surface area contributed by atoms with Gasteiger partial charge in [0.15, 0.2) is 0 Å². The lowest BCUT2D eigenvalue weighted by Gasteiger charge is -2.19. The third kappa shape index (κ3) is 5.91. The van der Waals surface area contributed by atoms with Gasteiger partial charge in [-0.15, -0.1) is 0 Å². The first-order valence-electron chi connectivity index (χ1n) is 23.5. The van der Waals surface area contributed by atoms with Crippen molar-refractivity contribution < 1.29 is 0 Å². The third-order valence-electron chi connectivity index (χ3n) is 14.3. The van der Waals surface area contributed by atoms with E-state index in [-0.39, 0.29) is 0 Å². The number of nitrogens with zero attached hydrogens (tertiary/aromatic N) is 2. The van der Waals surface area contributed by atoms with Crippen molar-refractivity contribution in [2.24, 2.45) is 0 Å². The van der Waals surface area contributed by atoms with Crippen LogP contribution in [0.5, 0.6) is 0 Å². The van der Waals surface area contributed by atoms with Gasteiger partial charge in [-0.1, -0.05) is 194 Å². The molecule has 0 atom stereocenters. The zero-order valence-electron chi connectivity index (χ0n) is 37.1. The molecule has 0 amide bonds. The van der Waals surface area contributed by atoms with E-state index in [1.54, 1.807) is 0 Å². The molecule has 2 heterocycles. The Morgan fingerprint density at radius 2 is 0.647 bits per heavy atom. The average molecular weight is 863 g/mol. The van der Waals surface area contributed by atoms with Crippen molar-refractivity contribution in [1.82, 2.24) is 9.13 Å². The number of benzene rings is 12. The second-order valence-corrected chi connectivity index (χ2v) is 18.0. The Labute approximate surface area is 393 Å². The molecule has 0 saturated heterocycles. The maximum atomic E-state index is 2.48. The van der Waals surface area contributed by atoms with Gasteiger partial charge in [0.25, 0.3) is 0 Å². The zero-order valence-corrected chi connectivity index (χ0v) is 37.1. The highest BCUT2D eigenvalue weighted by Crippen LogP contribution is 2.47. The van der Waals surface area contributed by atoms with Crippen LogP contribution >= 0.6 is 0 Å². The van der Waals surface area contributed by atoms with Gasteiger partial charge in [0, 0.05) is 32.9 Å². The Balaban J connectivity index is 1.07. The molecule has 0 saturated carbocycles. The summed E-state index contributed by atoms with van der Waals surface area (Å²) in [5.41, 5.74) is 16.8. The first kappa shape index (κ1) is 38.3. The highest BCUT2D eigenvalue weighted by Gasteiger charge is 2.21. The molecular formula is C66H42N2. The lowest BCUT2D eigenvalue weighted by Crippen LogP contribution is -1.94. The molecule has 0 bridgehead atoms. The monoisotopic (exact) mass is 862 g/mol. The Morgan fingerprint density at radius 1 is 0.206 bits per heavy atom. The number of hydrogen-bond donors (Lipinski definition) is 0. The van der Waals surface area contributed by atoms with Gasteiger partial charge in [-0.05, 0) is 137 Å². The topological polar surface area (TPSA) is 9.86 Å². The van der Waals surface area contributed by atoms with Gasteiger partial charge in [0.05, 0.1) is 22.1 Å². The van der Waals surface area contributed by atoms with Crippen LogP contribution in [-0.2, 0) is 0 Å². The fourth-order valence-electron chi connectivity index (χ4n) is 11.2. The first-order valence-corrected chi connectivity index (χ1v) is 23.5. The van der Waals surface area contributed by atoms with E-state index in [0.29, 0.717) is 0 Å². The van der Waals surface area contributed by atoms with Gasteiger partial charge in [-0.2, -0.15) is 0 Å². The molecular weight excluding hydrogens is 821 g/mol. The lowest BCUT2D eigenvalue weighted by molar-refractivity contribution is 1.18. The van der Waals surface area contributed by atoms with Crippen LogP contribution in [0.1, 0.15) is 0 Å². The van der Waals surface area contributed by atoms with Gasteiger partial charge in [-0.25, -0.2) is 0 Å². The molecule has 14 rings (SSSR count).